The van der Waals surface area contributed by atoms with Crippen LogP contribution < -0.4 is 5.84 Å². The van der Waals surface area contributed by atoms with Gasteiger partial charge in [0, 0.05) is 35.8 Å². The van der Waals surface area contributed by atoms with Gasteiger partial charge in [-0.25, -0.2) is 5.84 Å². The molecule has 0 spiro atoms. The lowest BCUT2D eigenvalue weighted by atomic mass is 10.1. The molecule has 3 heterocycles. The molecule has 0 aliphatic carbocycles. The van der Waals surface area contributed by atoms with Crippen molar-refractivity contribution >= 4 is 27.7 Å². The van der Waals surface area contributed by atoms with E-state index in [0.29, 0.717) is 11.1 Å². The minimum absolute atomic E-state index is 0.137. The van der Waals surface area contributed by atoms with Crippen LogP contribution in [-0.4, -0.2) is 30.7 Å². The molecule has 0 saturated heterocycles. The zero-order chi connectivity index (χ0) is 21.6. The van der Waals surface area contributed by atoms with E-state index in [4.69, 9.17) is 5.84 Å². The normalized spacial score (nSPS) is 11.9. The van der Waals surface area contributed by atoms with Gasteiger partial charge in [0.15, 0.2) is 0 Å². The number of carbonyl (C=O) groups excluding carboxylic acids is 1. The number of benzene rings is 1. The first-order valence-corrected chi connectivity index (χ1v) is 8.96. The van der Waals surface area contributed by atoms with Crippen LogP contribution in [0.25, 0.3) is 21.8 Å². The topological polar surface area (TPSA) is 89.9 Å². The molecule has 1 aromatic carbocycles. The molecular weight excluding hydrogens is 397 g/mol. The maximum Gasteiger partial charge on any atom is 0.417 e. The SMILES string of the molecule is Cc1nn(C)c2c1cnc1ccc(C(=O)N(N)Cc3ccc(C(F)(F)F)cn3)cc12. The zero-order valence-electron chi connectivity index (χ0n) is 16.1. The number of aryl methyl sites for hydroxylation is 2. The molecule has 4 aromatic rings. The predicted molar refractivity (Wildman–Crippen MR) is 104 cm³/mol. The predicted octanol–water partition coefficient (Wildman–Crippen LogP) is 3.36. The van der Waals surface area contributed by atoms with Gasteiger partial charge in [-0.1, -0.05) is 0 Å². The number of fused-ring (bicyclic) bond motifs is 3. The maximum atomic E-state index is 12.8. The van der Waals surface area contributed by atoms with Gasteiger partial charge in [-0.05, 0) is 37.3 Å². The first-order valence-electron chi connectivity index (χ1n) is 8.96. The Balaban J connectivity index is 1.63. The third-order valence-electron chi connectivity index (χ3n) is 4.85. The molecule has 0 fully saturated rings. The fourth-order valence-corrected chi connectivity index (χ4v) is 3.35. The summed E-state index contributed by atoms with van der Waals surface area (Å²) in [4.78, 5) is 21.0. The Labute approximate surface area is 168 Å². The fraction of sp³-hybridized carbons (Fsp3) is 0.200. The van der Waals surface area contributed by atoms with E-state index in [1.807, 2.05) is 14.0 Å². The number of hydrogen-bond acceptors (Lipinski definition) is 5. The lowest BCUT2D eigenvalue weighted by Crippen LogP contribution is -2.37. The molecular formula is C20H17F3N6O. The Hall–Kier alpha value is -3.53. The summed E-state index contributed by atoms with van der Waals surface area (Å²) in [5.74, 6) is 5.39. The Bertz CT molecular complexity index is 1260. The lowest BCUT2D eigenvalue weighted by molar-refractivity contribution is -0.137. The molecule has 7 nitrogen and oxygen atoms in total. The molecule has 0 bridgehead atoms. The summed E-state index contributed by atoms with van der Waals surface area (Å²) in [6, 6.07) is 7.11. The second kappa shape index (κ2) is 7.06. The highest BCUT2D eigenvalue weighted by Gasteiger charge is 2.30. The van der Waals surface area contributed by atoms with Crippen LogP contribution in [0.15, 0.2) is 42.7 Å². The summed E-state index contributed by atoms with van der Waals surface area (Å²) in [6.07, 6.45) is -2.01. The quantitative estimate of drug-likeness (QED) is 0.315. The van der Waals surface area contributed by atoms with Gasteiger partial charge in [0.2, 0.25) is 0 Å². The number of aromatic nitrogens is 4. The van der Waals surface area contributed by atoms with Gasteiger partial charge < -0.3 is 0 Å². The van der Waals surface area contributed by atoms with E-state index >= 15 is 0 Å². The molecule has 4 rings (SSSR count). The van der Waals surface area contributed by atoms with Crippen molar-refractivity contribution in [3.05, 3.63) is 65.2 Å². The number of amides is 1. The zero-order valence-corrected chi connectivity index (χ0v) is 16.1. The van der Waals surface area contributed by atoms with E-state index in [9.17, 15) is 18.0 Å². The summed E-state index contributed by atoms with van der Waals surface area (Å²) in [5.41, 5.74) is 2.08. The van der Waals surface area contributed by atoms with Crippen LogP contribution in [0, 0.1) is 6.92 Å². The number of nitrogens with two attached hydrogens (primary N) is 1. The number of rotatable bonds is 3. The summed E-state index contributed by atoms with van der Waals surface area (Å²) < 4.78 is 39.7. The maximum absolute atomic E-state index is 12.8. The van der Waals surface area contributed by atoms with Crippen LogP contribution in [-0.2, 0) is 19.8 Å². The second-order valence-corrected chi connectivity index (χ2v) is 6.93. The monoisotopic (exact) mass is 414 g/mol. The van der Waals surface area contributed by atoms with Crippen molar-refractivity contribution in [3.63, 3.8) is 0 Å². The van der Waals surface area contributed by atoms with Crippen molar-refractivity contribution in [2.24, 2.45) is 12.9 Å². The van der Waals surface area contributed by atoms with Crippen molar-refractivity contribution in [1.82, 2.24) is 24.8 Å². The van der Waals surface area contributed by atoms with E-state index in [-0.39, 0.29) is 12.2 Å². The molecule has 30 heavy (non-hydrogen) atoms. The van der Waals surface area contributed by atoms with Crippen LogP contribution in [0.1, 0.15) is 27.3 Å². The average molecular weight is 414 g/mol. The van der Waals surface area contributed by atoms with Crippen molar-refractivity contribution in [3.8, 4) is 0 Å². The number of hydrazine groups is 1. The third kappa shape index (κ3) is 3.45. The number of hydrogen-bond donors (Lipinski definition) is 1. The minimum Gasteiger partial charge on any atom is -0.271 e. The standard InChI is InChI=1S/C20H17F3N6O/c1-11-16-9-26-17-6-3-12(7-15(17)18(16)28(2)27-11)19(30)29(24)10-14-5-4-13(8-25-14)20(21,22)23/h3-9H,10,24H2,1-2H3. The van der Waals surface area contributed by atoms with Gasteiger partial charge >= 0.3 is 6.18 Å². The van der Waals surface area contributed by atoms with Gasteiger partial charge in [0.1, 0.15) is 0 Å². The number of halogens is 3. The van der Waals surface area contributed by atoms with Crippen LogP contribution in [0.5, 0.6) is 0 Å². The highest BCUT2D eigenvalue weighted by atomic mass is 19.4. The van der Waals surface area contributed by atoms with Crippen LogP contribution in [0.3, 0.4) is 0 Å². The van der Waals surface area contributed by atoms with Gasteiger partial charge in [-0.15, -0.1) is 0 Å². The smallest absolute Gasteiger partial charge is 0.271 e. The molecule has 0 atom stereocenters. The van der Waals surface area contributed by atoms with Gasteiger partial charge in [-0.2, -0.15) is 18.3 Å². The first kappa shape index (κ1) is 19.8. The van der Waals surface area contributed by atoms with Gasteiger partial charge in [0.25, 0.3) is 5.91 Å². The largest absolute Gasteiger partial charge is 0.417 e. The Morgan fingerprint density at radius 2 is 1.90 bits per heavy atom. The molecule has 0 saturated carbocycles. The highest BCUT2D eigenvalue weighted by molar-refractivity contribution is 6.07. The van der Waals surface area contributed by atoms with Crippen molar-refractivity contribution in [1.29, 1.82) is 0 Å². The van der Waals surface area contributed by atoms with Crippen LogP contribution >= 0.6 is 0 Å². The summed E-state index contributed by atoms with van der Waals surface area (Å²) in [5, 5.41) is 6.95. The number of nitrogens with zero attached hydrogens (tertiary/aromatic N) is 5. The van der Waals surface area contributed by atoms with Crippen LogP contribution in [0.2, 0.25) is 0 Å². The molecule has 154 valence electrons. The highest BCUT2D eigenvalue weighted by Crippen LogP contribution is 2.29. The molecule has 10 heteroatoms. The van der Waals surface area contributed by atoms with Crippen molar-refractivity contribution < 1.29 is 18.0 Å². The molecule has 3 aromatic heterocycles. The van der Waals surface area contributed by atoms with E-state index in [0.717, 1.165) is 39.3 Å². The van der Waals surface area contributed by atoms with E-state index in [1.54, 1.807) is 29.1 Å². The summed E-state index contributed by atoms with van der Waals surface area (Å²) in [7, 11) is 1.81. The van der Waals surface area contributed by atoms with Crippen molar-refractivity contribution in [2.45, 2.75) is 19.6 Å². The fourth-order valence-electron chi connectivity index (χ4n) is 3.35. The van der Waals surface area contributed by atoms with E-state index < -0.39 is 17.6 Å². The first-order chi connectivity index (χ1) is 14.1. The number of alkyl halides is 3. The van der Waals surface area contributed by atoms with E-state index in [2.05, 4.69) is 15.1 Å². The Morgan fingerprint density at radius 3 is 2.57 bits per heavy atom. The number of pyridine rings is 2. The van der Waals surface area contributed by atoms with Gasteiger partial charge in [-0.3, -0.25) is 24.5 Å². The van der Waals surface area contributed by atoms with E-state index in [1.165, 1.54) is 6.07 Å². The lowest BCUT2D eigenvalue weighted by Gasteiger charge is -2.17. The molecule has 2 N–H and O–H groups in total. The average Bonchev–Trinajstić information content (AvgIpc) is 3.00. The second-order valence-electron chi connectivity index (χ2n) is 6.93. The summed E-state index contributed by atoms with van der Waals surface area (Å²) >= 11 is 0. The molecule has 0 aliphatic rings. The van der Waals surface area contributed by atoms with Gasteiger partial charge in [0.05, 0.1) is 34.5 Å². The Kier molecular flexibility index (Phi) is 4.65. The van der Waals surface area contributed by atoms with Crippen LogP contribution in [0.4, 0.5) is 13.2 Å². The molecule has 0 unspecified atom stereocenters. The third-order valence-corrected chi connectivity index (χ3v) is 4.85. The minimum atomic E-state index is -4.47. The van der Waals surface area contributed by atoms with Crippen molar-refractivity contribution in [2.75, 3.05) is 0 Å². The molecule has 1 amide bonds. The summed E-state index contributed by atoms with van der Waals surface area (Å²) in [6.45, 7) is 1.74. The molecule has 0 aliphatic heterocycles. The Morgan fingerprint density at radius 1 is 1.13 bits per heavy atom. The molecule has 0 radical (unpaired) electrons. The number of carbonyl (C=O) groups is 1.